The molecule has 0 aromatic heterocycles. The average molecular weight is 239 g/mol. The minimum absolute atomic E-state index is 0.220. The quantitative estimate of drug-likeness (QED) is 0.796. The fraction of sp³-hybridized carbons (Fsp3) is 1.00. The molecule has 1 rings (SSSR count). The Hall–Kier alpha value is -0.290. The van der Waals surface area contributed by atoms with Crippen LogP contribution in [0.15, 0.2) is 0 Å². The Bertz CT molecular complexity index is 208. The third-order valence-electron chi connectivity index (χ3n) is 2.80. The Labute approximate surface area is 94.5 Å². The summed E-state index contributed by atoms with van der Waals surface area (Å²) in [5.74, 6) is 0.220. The lowest BCUT2D eigenvalue weighted by molar-refractivity contribution is -0.125. The fourth-order valence-corrected chi connectivity index (χ4v) is 2.05. The third kappa shape index (κ3) is 5.70. The predicted molar refractivity (Wildman–Crippen MR) is 56.3 cm³/mol. The van der Waals surface area contributed by atoms with Gasteiger partial charge in [-0.25, -0.2) is 0 Å². The van der Waals surface area contributed by atoms with E-state index in [9.17, 15) is 13.2 Å². The number of ether oxygens (including phenoxy) is 1. The first-order valence-corrected chi connectivity index (χ1v) is 5.79. The fourth-order valence-electron chi connectivity index (χ4n) is 2.05. The molecule has 0 saturated carbocycles. The van der Waals surface area contributed by atoms with Gasteiger partial charge < -0.3 is 10.1 Å². The maximum atomic E-state index is 11.9. The lowest BCUT2D eigenvalue weighted by atomic mass is 10.0. The number of halogens is 3. The van der Waals surface area contributed by atoms with Crippen LogP contribution in [0.1, 0.15) is 33.1 Å². The van der Waals surface area contributed by atoms with Crippen molar-refractivity contribution in [3.8, 4) is 0 Å². The summed E-state index contributed by atoms with van der Waals surface area (Å²) in [5, 5.41) is 2.43. The smallest absolute Gasteiger partial charge is 0.375 e. The Morgan fingerprint density at radius 1 is 1.38 bits per heavy atom. The zero-order valence-corrected chi connectivity index (χ0v) is 9.81. The molecule has 5 heteroatoms. The summed E-state index contributed by atoms with van der Waals surface area (Å²) in [4.78, 5) is 0. The molecule has 3 atom stereocenters. The predicted octanol–water partition coefficient (Wildman–Crippen LogP) is 2.73. The molecule has 0 bridgehead atoms. The zero-order chi connectivity index (χ0) is 12.2. The van der Waals surface area contributed by atoms with Crippen molar-refractivity contribution in [1.82, 2.24) is 5.32 Å². The van der Waals surface area contributed by atoms with E-state index >= 15 is 0 Å². The molecule has 16 heavy (non-hydrogen) atoms. The summed E-state index contributed by atoms with van der Waals surface area (Å²) in [6.45, 7) is 3.48. The Kier molecular flexibility index (Phi) is 5.05. The maximum absolute atomic E-state index is 11.9. The molecule has 1 aliphatic rings. The minimum Gasteiger partial charge on any atom is -0.375 e. The highest BCUT2D eigenvalue weighted by atomic mass is 19.4. The van der Waals surface area contributed by atoms with Crippen molar-refractivity contribution in [2.75, 3.05) is 13.1 Å². The number of alkyl halides is 3. The van der Waals surface area contributed by atoms with Crippen LogP contribution in [0.3, 0.4) is 0 Å². The first-order chi connectivity index (χ1) is 7.37. The highest BCUT2D eigenvalue weighted by molar-refractivity contribution is 4.73. The molecule has 0 radical (unpaired) electrons. The van der Waals surface area contributed by atoms with Crippen LogP contribution in [0, 0.1) is 5.92 Å². The van der Waals surface area contributed by atoms with Crippen molar-refractivity contribution in [2.45, 2.75) is 51.5 Å². The standard InChI is InChI=1S/C11H20F3NO/c1-8(6-15-7-11(12,13)14)5-10-4-3-9(2)16-10/h8-10,15H,3-7H2,1-2H3. The van der Waals surface area contributed by atoms with Crippen molar-refractivity contribution < 1.29 is 17.9 Å². The van der Waals surface area contributed by atoms with E-state index in [0.29, 0.717) is 12.6 Å². The van der Waals surface area contributed by atoms with Crippen LogP contribution >= 0.6 is 0 Å². The van der Waals surface area contributed by atoms with Gasteiger partial charge in [-0.3, -0.25) is 0 Å². The molecule has 96 valence electrons. The second-order valence-electron chi connectivity index (χ2n) is 4.73. The summed E-state index contributed by atoms with van der Waals surface area (Å²) < 4.78 is 41.3. The van der Waals surface area contributed by atoms with E-state index in [0.717, 1.165) is 19.3 Å². The second kappa shape index (κ2) is 5.87. The lowest BCUT2D eigenvalue weighted by Crippen LogP contribution is -2.32. The van der Waals surface area contributed by atoms with Crippen LogP contribution in [0.5, 0.6) is 0 Å². The van der Waals surface area contributed by atoms with E-state index in [4.69, 9.17) is 4.74 Å². The van der Waals surface area contributed by atoms with E-state index in [1.54, 1.807) is 0 Å². The minimum atomic E-state index is -4.11. The van der Waals surface area contributed by atoms with E-state index in [-0.39, 0.29) is 12.0 Å². The summed E-state index contributed by atoms with van der Waals surface area (Å²) in [6, 6.07) is 0. The summed E-state index contributed by atoms with van der Waals surface area (Å²) >= 11 is 0. The number of nitrogens with one attached hydrogen (secondary N) is 1. The first-order valence-electron chi connectivity index (χ1n) is 5.79. The number of hydrogen-bond acceptors (Lipinski definition) is 2. The molecule has 0 amide bonds. The zero-order valence-electron chi connectivity index (χ0n) is 9.81. The van der Waals surface area contributed by atoms with Gasteiger partial charge in [0.1, 0.15) is 0 Å². The van der Waals surface area contributed by atoms with Crippen molar-refractivity contribution in [2.24, 2.45) is 5.92 Å². The lowest BCUT2D eigenvalue weighted by Gasteiger charge is -2.18. The summed E-state index contributed by atoms with van der Waals surface area (Å²) in [6.07, 6.45) is -0.635. The van der Waals surface area contributed by atoms with E-state index in [1.165, 1.54) is 0 Å². The molecule has 0 aromatic carbocycles. The topological polar surface area (TPSA) is 21.3 Å². The van der Waals surface area contributed by atoms with Gasteiger partial charge in [-0.1, -0.05) is 6.92 Å². The average Bonchev–Trinajstić information content (AvgIpc) is 2.48. The van der Waals surface area contributed by atoms with E-state index in [2.05, 4.69) is 5.32 Å². The van der Waals surface area contributed by atoms with Crippen LogP contribution in [-0.2, 0) is 4.74 Å². The summed E-state index contributed by atoms with van der Waals surface area (Å²) in [5.41, 5.74) is 0. The van der Waals surface area contributed by atoms with Gasteiger partial charge in [0, 0.05) is 0 Å². The van der Waals surface area contributed by atoms with Crippen LogP contribution in [-0.4, -0.2) is 31.5 Å². The molecule has 0 aliphatic carbocycles. The Balaban J connectivity index is 2.09. The molecule has 2 nitrogen and oxygen atoms in total. The van der Waals surface area contributed by atoms with Gasteiger partial charge in [-0.2, -0.15) is 13.2 Å². The molecule has 3 unspecified atom stereocenters. The molecule has 1 saturated heterocycles. The van der Waals surface area contributed by atoms with Crippen molar-refractivity contribution in [1.29, 1.82) is 0 Å². The van der Waals surface area contributed by atoms with Gasteiger partial charge in [0.05, 0.1) is 18.8 Å². The largest absolute Gasteiger partial charge is 0.401 e. The van der Waals surface area contributed by atoms with Gasteiger partial charge in [-0.05, 0) is 38.6 Å². The van der Waals surface area contributed by atoms with Crippen LogP contribution in [0.4, 0.5) is 13.2 Å². The van der Waals surface area contributed by atoms with Gasteiger partial charge in [-0.15, -0.1) is 0 Å². The van der Waals surface area contributed by atoms with Gasteiger partial charge >= 0.3 is 6.18 Å². The normalized spacial score (nSPS) is 28.3. The van der Waals surface area contributed by atoms with Crippen LogP contribution in [0.25, 0.3) is 0 Å². The highest BCUT2D eigenvalue weighted by Crippen LogP contribution is 2.24. The van der Waals surface area contributed by atoms with Gasteiger partial charge in [0.2, 0.25) is 0 Å². The Morgan fingerprint density at radius 3 is 2.56 bits per heavy atom. The number of hydrogen-bond donors (Lipinski definition) is 1. The molecular formula is C11H20F3NO. The van der Waals surface area contributed by atoms with Crippen molar-refractivity contribution in [3.63, 3.8) is 0 Å². The first kappa shape index (κ1) is 13.8. The van der Waals surface area contributed by atoms with Crippen LogP contribution < -0.4 is 5.32 Å². The third-order valence-corrected chi connectivity index (χ3v) is 2.80. The molecule has 1 N–H and O–H groups in total. The van der Waals surface area contributed by atoms with Gasteiger partial charge in [0.25, 0.3) is 0 Å². The number of rotatable bonds is 5. The van der Waals surface area contributed by atoms with Crippen LogP contribution in [0.2, 0.25) is 0 Å². The van der Waals surface area contributed by atoms with E-state index < -0.39 is 12.7 Å². The highest BCUT2D eigenvalue weighted by Gasteiger charge is 2.27. The summed E-state index contributed by atoms with van der Waals surface area (Å²) in [7, 11) is 0. The van der Waals surface area contributed by atoms with Gasteiger partial charge in [0.15, 0.2) is 0 Å². The molecule has 0 aromatic rings. The maximum Gasteiger partial charge on any atom is 0.401 e. The molecular weight excluding hydrogens is 219 g/mol. The van der Waals surface area contributed by atoms with Crippen molar-refractivity contribution >= 4 is 0 Å². The van der Waals surface area contributed by atoms with Crippen molar-refractivity contribution in [3.05, 3.63) is 0 Å². The second-order valence-corrected chi connectivity index (χ2v) is 4.73. The molecule has 1 heterocycles. The monoisotopic (exact) mass is 239 g/mol. The SMILES string of the molecule is CC(CNCC(F)(F)F)CC1CCC(C)O1. The molecule has 1 fully saturated rings. The molecule has 0 spiro atoms. The molecule has 1 aliphatic heterocycles. The Morgan fingerprint density at radius 2 is 2.06 bits per heavy atom. The van der Waals surface area contributed by atoms with E-state index in [1.807, 2.05) is 13.8 Å².